The minimum absolute atomic E-state index is 0.0400. The lowest BCUT2D eigenvalue weighted by Crippen LogP contribution is -2.35. The fourth-order valence-corrected chi connectivity index (χ4v) is 3.28. The Labute approximate surface area is 129 Å². The standard InChI is InChI=1S/C16H19ClN2O2/c1-18-9-5-7-13(18)14-6-3-2-4-10-19(14)16(20)12-8-11-21-15(12)17/h5,7-9,11,14H,2-4,6,10H2,1H3. The fraction of sp³-hybridized carbons (Fsp3) is 0.438. The lowest BCUT2D eigenvalue weighted by molar-refractivity contribution is 0.0674. The number of hydrogen-bond acceptors (Lipinski definition) is 2. The summed E-state index contributed by atoms with van der Waals surface area (Å²) in [6.45, 7) is 0.760. The number of hydrogen-bond donors (Lipinski definition) is 0. The molecule has 0 saturated carbocycles. The van der Waals surface area contributed by atoms with Crippen LogP contribution in [-0.4, -0.2) is 21.9 Å². The van der Waals surface area contributed by atoms with Crippen LogP contribution in [0, 0.1) is 0 Å². The Morgan fingerprint density at radius 3 is 2.86 bits per heavy atom. The van der Waals surface area contributed by atoms with Crippen molar-refractivity contribution in [2.75, 3.05) is 6.54 Å². The molecule has 0 spiro atoms. The van der Waals surface area contributed by atoms with E-state index in [1.165, 1.54) is 12.0 Å². The van der Waals surface area contributed by atoms with Gasteiger partial charge in [0.25, 0.3) is 5.91 Å². The highest BCUT2D eigenvalue weighted by molar-refractivity contribution is 6.32. The third-order valence-corrected chi connectivity index (χ3v) is 4.48. The van der Waals surface area contributed by atoms with E-state index >= 15 is 0 Å². The van der Waals surface area contributed by atoms with Crippen molar-refractivity contribution >= 4 is 17.5 Å². The number of aromatic nitrogens is 1. The minimum atomic E-state index is -0.0400. The van der Waals surface area contributed by atoms with Gasteiger partial charge in [-0.2, -0.15) is 0 Å². The molecule has 0 radical (unpaired) electrons. The van der Waals surface area contributed by atoms with Crippen molar-refractivity contribution in [3.63, 3.8) is 0 Å². The maximum absolute atomic E-state index is 12.8. The summed E-state index contributed by atoms with van der Waals surface area (Å²) in [6, 6.07) is 5.87. The molecule has 0 aromatic carbocycles. The molecule has 1 saturated heterocycles. The number of rotatable bonds is 2. The molecule has 0 aliphatic carbocycles. The Bertz CT molecular complexity index is 632. The molecular formula is C16H19ClN2O2. The number of aryl methyl sites for hydroxylation is 1. The Morgan fingerprint density at radius 2 is 2.19 bits per heavy atom. The molecule has 1 unspecified atom stereocenters. The van der Waals surface area contributed by atoms with Crippen LogP contribution in [0.4, 0.5) is 0 Å². The average molecular weight is 307 g/mol. The van der Waals surface area contributed by atoms with Gasteiger partial charge in [0.05, 0.1) is 17.9 Å². The molecule has 2 aromatic rings. The van der Waals surface area contributed by atoms with Crippen LogP contribution in [0.1, 0.15) is 47.8 Å². The SMILES string of the molecule is Cn1cccc1C1CCCCCN1C(=O)c1ccoc1Cl. The van der Waals surface area contributed by atoms with Gasteiger partial charge in [0, 0.05) is 25.5 Å². The van der Waals surface area contributed by atoms with Gasteiger partial charge in [-0.1, -0.05) is 12.8 Å². The lowest BCUT2D eigenvalue weighted by atomic mass is 10.1. The molecule has 2 aromatic heterocycles. The lowest BCUT2D eigenvalue weighted by Gasteiger charge is -2.30. The molecular weight excluding hydrogens is 288 g/mol. The van der Waals surface area contributed by atoms with Gasteiger partial charge < -0.3 is 13.9 Å². The Balaban J connectivity index is 1.94. The van der Waals surface area contributed by atoms with Crippen molar-refractivity contribution in [3.8, 4) is 0 Å². The number of likely N-dealkylation sites (tertiary alicyclic amines) is 1. The van der Waals surface area contributed by atoms with Gasteiger partial charge in [0.15, 0.2) is 0 Å². The van der Waals surface area contributed by atoms with E-state index in [0.717, 1.165) is 32.2 Å². The monoisotopic (exact) mass is 306 g/mol. The summed E-state index contributed by atoms with van der Waals surface area (Å²) in [5.41, 5.74) is 1.63. The Kier molecular flexibility index (Phi) is 4.06. The number of carbonyl (C=O) groups is 1. The highest BCUT2D eigenvalue weighted by Gasteiger charge is 2.30. The smallest absolute Gasteiger partial charge is 0.259 e. The molecule has 0 N–H and O–H groups in total. The molecule has 1 aliphatic rings. The zero-order chi connectivity index (χ0) is 14.8. The molecule has 5 heteroatoms. The normalized spacial score (nSPS) is 19.5. The summed E-state index contributed by atoms with van der Waals surface area (Å²) >= 11 is 5.98. The third kappa shape index (κ3) is 2.72. The van der Waals surface area contributed by atoms with Gasteiger partial charge in [-0.3, -0.25) is 4.79 Å². The topological polar surface area (TPSA) is 38.4 Å². The molecule has 1 aliphatic heterocycles. The van der Waals surface area contributed by atoms with Crippen LogP contribution in [0.3, 0.4) is 0 Å². The van der Waals surface area contributed by atoms with E-state index in [0.29, 0.717) is 5.56 Å². The number of amides is 1. The summed E-state index contributed by atoms with van der Waals surface area (Å²) in [5.74, 6) is -0.0400. The number of furan rings is 1. The van der Waals surface area contributed by atoms with E-state index in [2.05, 4.69) is 10.6 Å². The minimum Gasteiger partial charge on any atom is -0.452 e. The van der Waals surface area contributed by atoms with Crippen molar-refractivity contribution < 1.29 is 9.21 Å². The second kappa shape index (κ2) is 5.98. The maximum atomic E-state index is 12.8. The Morgan fingerprint density at radius 1 is 1.33 bits per heavy atom. The largest absolute Gasteiger partial charge is 0.452 e. The van der Waals surface area contributed by atoms with Crippen molar-refractivity contribution in [2.45, 2.75) is 31.7 Å². The average Bonchev–Trinajstić information content (AvgIpc) is 3.00. The molecule has 1 amide bonds. The summed E-state index contributed by atoms with van der Waals surface area (Å²) in [4.78, 5) is 14.8. The predicted octanol–water partition coefficient (Wildman–Crippen LogP) is 4.03. The highest BCUT2D eigenvalue weighted by atomic mass is 35.5. The number of carbonyl (C=O) groups excluding carboxylic acids is 1. The zero-order valence-corrected chi connectivity index (χ0v) is 12.8. The molecule has 3 heterocycles. The molecule has 1 atom stereocenters. The summed E-state index contributed by atoms with van der Waals surface area (Å²) in [5, 5.41) is 0.176. The van der Waals surface area contributed by atoms with E-state index in [-0.39, 0.29) is 17.2 Å². The summed E-state index contributed by atoms with van der Waals surface area (Å²) < 4.78 is 7.16. The van der Waals surface area contributed by atoms with Crippen LogP contribution in [0.15, 0.2) is 35.1 Å². The van der Waals surface area contributed by atoms with Crippen LogP contribution in [-0.2, 0) is 7.05 Å². The Hall–Kier alpha value is -1.68. The number of nitrogens with zero attached hydrogens (tertiary/aromatic N) is 2. The van der Waals surface area contributed by atoms with Crippen LogP contribution in [0.5, 0.6) is 0 Å². The fourth-order valence-electron chi connectivity index (χ4n) is 3.08. The van der Waals surface area contributed by atoms with E-state index in [1.54, 1.807) is 6.07 Å². The molecule has 0 bridgehead atoms. The predicted molar refractivity (Wildman–Crippen MR) is 81.4 cm³/mol. The summed E-state index contributed by atoms with van der Waals surface area (Å²) in [7, 11) is 2.02. The molecule has 4 nitrogen and oxygen atoms in total. The first-order valence-electron chi connectivity index (χ1n) is 7.33. The van der Waals surface area contributed by atoms with Gasteiger partial charge in [-0.15, -0.1) is 0 Å². The molecule has 3 rings (SSSR count). The van der Waals surface area contributed by atoms with E-state index in [1.807, 2.05) is 24.2 Å². The van der Waals surface area contributed by atoms with Gasteiger partial charge in [-0.05, 0) is 42.6 Å². The van der Waals surface area contributed by atoms with Gasteiger partial charge in [0.1, 0.15) is 0 Å². The highest BCUT2D eigenvalue weighted by Crippen LogP contribution is 2.32. The number of halogens is 1. The van der Waals surface area contributed by atoms with Crippen LogP contribution < -0.4 is 0 Å². The van der Waals surface area contributed by atoms with Crippen molar-refractivity contribution in [2.24, 2.45) is 7.05 Å². The molecule has 1 fully saturated rings. The van der Waals surface area contributed by atoms with Crippen LogP contribution in [0.2, 0.25) is 5.22 Å². The second-order valence-electron chi connectivity index (χ2n) is 5.52. The van der Waals surface area contributed by atoms with Crippen molar-refractivity contribution in [3.05, 3.63) is 47.1 Å². The van der Waals surface area contributed by atoms with Gasteiger partial charge >= 0.3 is 0 Å². The zero-order valence-electron chi connectivity index (χ0n) is 12.1. The molecule has 21 heavy (non-hydrogen) atoms. The van der Waals surface area contributed by atoms with E-state index in [4.69, 9.17) is 16.0 Å². The van der Waals surface area contributed by atoms with Crippen LogP contribution in [0.25, 0.3) is 0 Å². The van der Waals surface area contributed by atoms with Crippen LogP contribution >= 0.6 is 11.6 Å². The molecule has 112 valence electrons. The quantitative estimate of drug-likeness (QED) is 0.840. The first-order valence-corrected chi connectivity index (χ1v) is 7.71. The van der Waals surface area contributed by atoms with Crippen molar-refractivity contribution in [1.82, 2.24) is 9.47 Å². The van der Waals surface area contributed by atoms with E-state index < -0.39 is 0 Å². The van der Waals surface area contributed by atoms with E-state index in [9.17, 15) is 4.79 Å². The van der Waals surface area contributed by atoms with Crippen molar-refractivity contribution in [1.29, 1.82) is 0 Å². The second-order valence-corrected chi connectivity index (χ2v) is 5.86. The van der Waals surface area contributed by atoms with Gasteiger partial charge in [0.2, 0.25) is 5.22 Å². The first-order chi connectivity index (χ1) is 10.2. The first kappa shape index (κ1) is 14.3. The van der Waals surface area contributed by atoms with Gasteiger partial charge in [-0.25, -0.2) is 0 Å². The maximum Gasteiger partial charge on any atom is 0.259 e. The third-order valence-electron chi connectivity index (χ3n) is 4.19. The summed E-state index contributed by atoms with van der Waals surface area (Å²) in [6.07, 6.45) is 7.79.